The van der Waals surface area contributed by atoms with Crippen molar-refractivity contribution in [1.82, 2.24) is 24.8 Å². The Morgan fingerprint density at radius 2 is 2.00 bits per heavy atom. The van der Waals surface area contributed by atoms with Crippen molar-refractivity contribution in [3.8, 4) is 0 Å². The molecule has 0 bridgehead atoms. The molecule has 2 atom stereocenters. The fourth-order valence-electron chi connectivity index (χ4n) is 5.01. The van der Waals surface area contributed by atoms with Gasteiger partial charge in [-0.15, -0.1) is 0 Å². The van der Waals surface area contributed by atoms with Gasteiger partial charge in [-0.1, -0.05) is 6.07 Å². The summed E-state index contributed by atoms with van der Waals surface area (Å²) < 4.78 is 0. The van der Waals surface area contributed by atoms with Crippen LogP contribution in [0.4, 0.5) is 5.95 Å². The van der Waals surface area contributed by atoms with E-state index in [1.807, 2.05) is 17.2 Å². The predicted octanol–water partition coefficient (Wildman–Crippen LogP) is 2.14. The molecule has 2 aromatic rings. The first kappa shape index (κ1) is 17.6. The number of amides is 1. The number of nitrogens with one attached hydrogen (secondary N) is 1. The number of anilines is 1. The summed E-state index contributed by atoms with van der Waals surface area (Å²) in [5.41, 5.74) is 3.22. The lowest BCUT2D eigenvalue weighted by Gasteiger charge is -2.23. The van der Waals surface area contributed by atoms with Crippen LogP contribution >= 0.6 is 0 Å². The first-order valence-electron chi connectivity index (χ1n) is 10.1. The normalized spacial score (nSPS) is 26.8. The van der Waals surface area contributed by atoms with Crippen LogP contribution in [0.1, 0.15) is 46.9 Å². The van der Waals surface area contributed by atoms with Crippen molar-refractivity contribution in [3.63, 3.8) is 0 Å². The highest BCUT2D eigenvalue weighted by atomic mass is 16.2. The second kappa shape index (κ2) is 6.81. The molecule has 0 aromatic carbocycles. The molecule has 0 saturated carbocycles. The first-order valence-corrected chi connectivity index (χ1v) is 10.1. The Labute approximate surface area is 165 Å². The van der Waals surface area contributed by atoms with Gasteiger partial charge in [-0.3, -0.25) is 9.78 Å². The third-order valence-corrected chi connectivity index (χ3v) is 6.53. The Balaban J connectivity index is 1.24. The zero-order valence-electron chi connectivity index (χ0n) is 16.3. The summed E-state index contributed by atoms with van der Waals surface area (Å²) in [5.74, 6) is 0.613. The summed E-state index contributed by atoms with van der Waals surface area (Å²) in [7, 11) is 2.16. The molecule has 2 aliphatic heterocycles. The monoisotopic (exact) mass is 378 g/mol. The summed E-state index contributed by atoms with van der Waals surface area (Å²) in [5, 5.41) is 3.38. The number of aromatic nitrogens is 3. The fraction of sp³-hybridized carbons (Fsp3) is 0.524. The standard InChI is InChI=1S/C21H26N6O/c1-26-9-6-21(13-26)7-10-27(14-21)19(28)15-11-23-20(24-12-15)25-18-5-4-17-16(18)3-2-8-22-17/h2-3,8,11-12,18H,4-7,9-10,13-14H2,1H3,(H,23,24,25). The minimum absolute atomic E-state index is 0.0494. The van der Waals surface area contributed by atoms with Crippen molar-refractivity contribution < 1.29 is 4.79 Å². The molecule has 7 heteroatoms. The van der Waals surface area contributed by atoms with Gasteiger partial charge in [-0.2, -0.15) is 0 Å². The number of pyridine rings is 1. The van der Waals surface area contributed by atoms with E-state index in [9.17, 15) is 4.79 Å². The van der Waals surface area contributed by atoms with E-state index in [1.54, 1.807) is 12.4 Å². The largest absolute Gasteiger partial charge is 0.347 e. The topological polar surface area (TPSA) is 74.2 Å². The third-order valence-electron chi connectivity index (χ3n) is 6.53. The van der Waals surface area contributed by atoms with Crippen LogP contribution in [0.2, 0.25) is 0 Å². The smallest absolute Gasteiger partial charge is 0.257 e. The zero-order chi connectivity index (χ0) is 19.1. The molecule has 1 N–H and O–H groups in total. The number of carbonyl (C=O) groups excluding carboxylic acids is 1. The molecule has 1 aliphatic carbocycles. The first-order chi connectivity index (χ1) is 13.6. The zero-order valence-corrected chi connectivity index (χ0v) is 16.3. The summed E-state index contributed by atoms with van der Waals surface area (Å²) in [4.78, 5) is 30.5. The molecule has 4 heterocycles. The van der Waals surface area contributed by atoms with E-state index >= 15 is 0 Å². The van der Waals surface area contributed by atoms with Crippen molar-refractivity contribution in [2.24, 2.45) is 5.41 Å². The fourth-order valence-corrected chi connectivity index (χ4v) is 5.01. The van der Waals surface area contributed by atoms with E-state index in [2.05, 4.69) is 38.3 Å². The second-order valence-electron chi connectivity index (χ2n) is 8.53. The van der Waals surface area contributed by atoms with Crippen LogP contribution in [0.15, 0.2) is 30.7 Å². The molecule has 1 amide bonds. The summed E-state index contributed by atoms with van der Waals surface area (Å²) >= 11 is 0. The Bertz CT molecular complexity index is 885. The van der Waals surface area contributed by atoms with Crippen LogP contribution in [0.5, 0.6) is 0 Å². The minimum Gasteiger partial charge on any atom is -0.347 e. The van der Waals surface area contributed by atoms with Crippen LogP contribution in [0.3, 0.4) is 0 Å². The van der Waals surface area contributed by atoms with Gasteiger partial charge in [-0.05, 0) is 50.9 Å². The van der Waals surface area contributed by atoms with Crippen LogP contribution in [-0.4, -0.2) is 63.9 Å². The number of likely N-dealkylation sites (tertiary alicyclic amines) is 2. The van der Waals surface area contributed by atoms with Gasteiger partial charge in [0.05, 0.1) is 11.6 Å². The number of hydrogen-bond donors (Lipinski definition) is 1. The van der Waals surface area contributed by atoms with Crippen molar-refractivity contribution in [3.05, 3.63) is 47.5 Å². The van der Waals surface area contributed by atoms with Gasteiger partial charge < -0.3 is 15.1 Å². The molecular weight excluding hydrogens is 352 g/mol. The lowest BCUT2D eigenvalue weighted by atomic mass is 9.86. The van der Waals surface area contributed by atoms with Crippen LogP contribution in [-0.2, 0) is 6.42 Å². The lowest BCUT2D eigenvalue weighted by Crippen LogP contribution is -2.33. The molecule has 146 valence electrons. The van der Waals surface area contributed by atoms with Crippen LogP contribution in [0.25, 0.3) is 0 Å². The highest BCUT2D eigenvalue weighted by molar-refractivity contribution is 5.94. The molecule has 2 saturated heterocycles. The van der Waals surface area contributed by atoms with Crippen molar-refractivity contribution in [1.29, 1.82) is 0 Å². The maximum atomic E-state index is 12.9. The number of nitrogens with zero attached hydrogens (tertiary/aromatic N) is 5. The maximum Gasteiger partial charge on any atom is 0.257 e. The van der Waals surface area contributed by atoms with E-state index in [1.165, 1.54) is 12.0 Å². The second-order valence-corrected chi connectivity index (χ2v) is 8.53. The van der Waals surface area contributed by atoms with Crippen LogP contribution in [0, 0.1) is 5.41 Å². The Morgan fingerprint density at radius 1 is 1.18 bits per heavy atom. The molecule has 7 nitrogen and oxygen atoms in total. The molecule has 3 aliphatic rings. The number of carbonyl (C=O) groups is 1. The van der Waals surface area contributed by atoms with E-state index in [0.29, 0.717) is 11.5 Å². The molecule has 1 spiro atoms. The quantitative estimate of drug-likeness (QED) is 0.882. The van der Waals surface area contributed by atoms with Gasteiger partial charge >= 0.3 is 0 Å². The highest BCUT2D eigenvalue weighted by Crippen LogP contribution is 2.39. The minimum atomic E-state index is 0.0494. The number of hydrogen-bond acceptors (Lipinski definition) is 6. The maximum absolute atomic E-state index is 12.9. The van der Waals surface area contributed by atoms with Gasteiger partial charge in [0.25, 0.3) is 5.91 Å². The number of aryl methyl sites for hydroxylation is 1. The van der Waals surface area contributed by atoms with Gasteiger partial charge in [0.1, 0.15) is 0 Å². The van der Waals surface area contributed by atoms with E-state index in [-0.39, 0.29) is 17.4 Å². The van der Waals surface area contributed by atoms with Crippen molar-refractivity contribution >= 4 is 11.9 Å². The van der Waals surface area contributed by atoms with Crippen molar-refractivity contribution in [2.75, 3.05) is 38.5 Å². The highest BCUT2D eigenvalue weighted by Gasteiger charge is 2.43. The molecule has 0 radical (unpaired) electrons. The Morgan fingerprint density at radius 3 is 2.79 bits per heavy atom. The summed E-state index contributed by atoms with van der Waals surface area (Å²) in [6.07, 6.45) is 9.38. The SMILES string of the molecule is CN1CCC2(CCN(C(=O)c3cnc(NC4CCc5ncccc54)nc3)C2)C1. The van der Waals surface area contributed by atoms with Gasteiger partial charge in [0.2, 0.25) is 5.95 Å². The van der Waals surface area contributed by atoms with E-state index < -0.39 is 0 Å². The predicted molar refractivity (Wildman–Crippen MR) is 106 cm³/mol. The molecule has 28 heavy (non-hydrogen) atoms. The Hall–Kier alpha value is -2.54. The third kappa shape index (κ3) is 3.13. The van der Waals surface area contributed by atoms with Gasteiger partial charge in [-0.25, -0.2) is 9.97 Å². The summed E-state index contributed by atoms with van der Waals surface area (Å²) in [6, 6.07) is 4.25. The molecule has 5 rings (SSSR count). The van der Waals surface area contributed by atoms with Crippen LogP contribution < -0.4 is 5.32 Å². The molecule has 2 fully saturated rings. The molecular formula is C21H26N6O. The average molecular weight is 378 g/mol. The molecule has 2 aromatic heterocycles. The summed E-state index contributed by atoms with van der Waals surface area (Å²) in [6.45, 7) is 3.90. The number of rotatable bonds is 3. The lowest BCUT2D eigenvalue weighted by molar-refractivity contribution is 0.0773. The van der Waals surface area contributed by atoms with Gasteiger partial charge in [0.15, 0.2) is 0 Å². The average Bonchev–Trinajstić information content (AvgIpc) is 3.42. The van der Waals surface area contributed by atoms with E-state index in [0.717, 1.165) is 51.1 Å². The van der Waals surface area contributed by atoms with Gasteiger partial charge in [0, 0.05) is 49.3 Å². The molecule has 2 unspecified atom stereocenters. The van der Waals surface area contributed by atoms with E-state index in [4.69, 9.17) is 0 Å². The van der Waals surface area contributed by atoms with Crippen molar-refractivity contribution in [2.45, 2.75) is 31.7 Å². The number of fused-ring (bicyclic) bond motifs is 1. The Kier molecular flexibility index (Phi) is 4.27.